The minimum absolute atomic E-state index is 0. The third-order valence-corrected chi connectivity index (χ3v) is 2.13. The van der Waals surface area contributed by atoms with E-state index < -0.39 is 0 Å². The van der Waals surface area contributed by atoms with E-state index in [1.807, 2.05) is 0 Å². The minimum atomic E-state index is 0. The van der Waals surface area contributed by atoms with Gasteiger partial charge in [-0.3, -0.25) is 0 Å². The average Bonchev–Trinajstić information content (AvgIpc) is 2.48. The summed E-state index contributed by atoms with van der Waals surface area (Å²) in [6.07, 6.45) is 4.08. The van der Waals surface area contributed by atoms with Gasteiger partial charge in [0.2, 0.25) is 0 Å². The molecule has 9 heavy (non-hydrogen) atoms. The quantitative estimate of drug-likeness (QED) is 0.651. The molecule has 0 amide bonds. The van der Waals surface area contributed by atoms with Crippen molar-refractivity contribution in [2.45, 2.75) is 26.2 Å². The number of hydrogen-bond acceptors (Lipinski definition) is 1. The Labute approximate surface area is 63.4 Å². The summed E-state index contributed by atoms with van der Waals surface area (Å²) in [4.78, 5) is 0. The van der Waals surface area contributed by atoms with Gasteiger partial charge in [-0.05, 0) is 31.2 Å². The first kappa shape index (κ1) is 9.25. The Bertz CT molecular complexity index is 75.3. The van der Waals surface area contributed by atoms with Crippen LogP contribution in [0.5, 0.6) is 0 Å². The number of nitrogens with two attached hydrogens (primary N) is 1. The van der Waals surface area contributed by atoms with Crippen LogP contribution in [0.2, 0.25) is 0 Å². The Hall–Kier alpha value is 0.250. The molecule has 1 rings (SSSR count). The monoisotopic (exact) mass is 149 g/mol. The third kappa shape index (κ3) is 2.55. The van der Waals surface area contributed by atoms with Gasteiger partial charge in [0.1, 0.15) is 0 Å². The van der Waals surface area contributed by atoms with Crippen molar-refractivity contribution in [3.05, 3.63) is 0 Å². The molecule has 2 N–H and O–H groups in total. The Kier molecular flexibility index (Phi) is 4.24. The van der Waals surface area contributed by atoms with Crippen LogP contribution in [0.4, 0.5) is 0 Å². The van der Waals surface area contributed by atoms with Crippen LogP contribution >= 0.6 is 12.4 Å². The van der Waals surface area contributed by atoms with Crippen LogP contribution in [0.25, 0.3) is 0 Å². The molecule has 1 nitrogen and oxygen atoms in total. The smallest absolute Gasteiger partial charge is 0.00745 e. The fourth-order valence-corrected chi connectivity index (χ4v) is 1.38. The van der Waals surface area contributed by atoms with Gasteiger partial charge < -0.3 is 5.73 Å². The van der Waals surface area contributed by atoms with Crippen molar-refractivity contribution in [2.24, 2.45) is 17.6 Å². The molecule has 0 bridgehead atoms. The highest BCUT2D eigenvalue weighted by Gasteiger charge is 2.33. The fraction of sp³-hybridized carbons (Fsp3) is 1.00. The van der Waals surface area contributed by atoms with Crippen molar-refractivity contribution in [1.29, 1.82) is 0 Å². The molecule has 1 aliphatic carbocycles. The van der Waals surface area contributed by atoms with E-state index >= 15 is 0 Å². The predicted molar refractivity (Wildman–Crippen MR) is 42.8 cm³/mol. The molecule has 2 atom stereocenters. The van der Waals surface area contributed by atoms with Gasteiger partial charge in [-0.2, -0.15) is 0 Å². The van der Waals surface area contributed by atoms with E-state index in [0.717, 1.165) is 18.4 Å². The number of halogens is 1. The second-order valence-electron chi connectivity index (χ2n) is 2.74. The van der Waals surface area contributed by atoms with Crippen LogP contribution in [-0.2, 0) is 0 Å². The number of hydrogen-bond donors (Lipinski definition) is 1. The topological polar surface area (TPSA) is 26.0 Å². The van der Waals surface area contributed by atoms with E-state index in [9.17, 15) is 0 Å². The summed E-state index contributed by atoms with van der Waals surface area (Å²) in [5.41, 5.74) is 5.39. The summed E-state index contributed by atoms with van der Waals surface area (Å²) in [5.74, 6) is 2.04. The molecule has 0 saturated heterocycles. The molecule has 0 aromatic carbocycles. The van der Waals surface area contributed by atoms with E-state index in [1.54, 1.807) is 0 Å². The minimum Gasteiger partial charge on any atom is -0.330 e. The maximum absolute atomic E-state index is 5.39. The van der Waals surface area contributed by atoms with Crippen LogP contribution in [0, 0.1) is 11.8 Å². The van der Waals surface area contributed by atoms with Crippen molar-refractivity contribution in [1.82, 2.24) is 0 Å². The summed E-state index contributed by atoms with van der Waals surface area (Å²) in [5, 5.41) is 0. The average molecular weight is 150 g/mol. The Morgan fingerprint density at radius 1 is 1.44 bits per heavy atom. The number of rotatable bonds is 3. The van der Waals surface area contributed by atoms with Gasteiger partial charge in [0.15, 0.2) is 0 Å². The van der Waals surface area contributed by atoms with Crippen molar-refractivity contribution < 1.29 is 0 Å². The van der Waals surface area contributed by atoms with Crippen LogP contribution in [0.3, 0.4) is 0 Å². The summed E-state index contributed by atoms with van der Waals surface area (Å²) in [7, 11) is 0. The van der Waals surface area contributed by atoms with E-state index in [2.05, 4.69) is 6.92 Å². The van der Waals surface area contributed by atoms with Gasteiger partial charge in [0.25, 0.3) is 0 Å². The molecule has 1 fully saturated rings. The first-order chi connectivity index (χ1) is 3.88. The SMILES string of the molecule is CC[C@@H]1C[C@H]1CCN.Cl. The summed E-state index contributed by atoms with van der Waals surface area (Å²) >= 11 is 0. The molecule has 0 heterocycles. The first-order valence-corrected chi connectivity index (χ1v) is 3.58. The second kappa shape index (κ2) is 4.13. The molecule has 0 aromatic rings. The van der Waals surface area contributed by atoms with E-state index in [0.29, 0.717) is 0 Å². The molecule has 1 saturated carbocycles. The highest BCUT2D eigenvalue weighted by molar-refractivity contribution is 5.85. The van der Waals surface area contributed by atoms with Crippen LogP contribution in [-0.4, -0.2) is 6.54 Å². The van der Waals surface area contributed by atoms with E-state index in [-0.39, 0.29) is 12.4 Å². The molecular weight excluding hydrogens is 134 g/mol. The van der Waals surface area contributed by atoms with Gasteiger partial charge in [-0.1, -0.05) is 13.3 Å². The predicted octanol–water partition coefficient (Wildman–Crippen LogP) is 1.80. The zero-order valence-electron chi connectivity index (χ0n) is 5.97. The van der Waals surface area contributed by atoms with Gasteiger partial charge in [0, 0.05) is 0 Å². The molecule has 0 aromatic heterocycles. The zero-order chi connectivity index (χ0) is 5.98. The lowest BCUT2D eigenvalue weighted by Gasteiger charge is -1.90. The normalized spacial score (nSPS) is 31.3. The molecule has 1 aliphatic rings. The van der Waals surface area contributed by atoms with Crippen molar-refractivity contribution in [2.75, 3.05) is 6.54 Å². The van der Waals surface area contributed by atoms with Crippen molar-refractivity contribution >= 4 is 12.4 Å². The molecule has 56 valence electrons. The molecule has 0 aliphatic heterocycles. The van der Waals surface area contributed by atoms with E-state index in [1.165, 1.54) is 19.3 Å². The van der Waals surface area contributed by atoms with Gasteiger partial charge in [-0.15, -0.1) is 12.4 Å². The van der Waals surface area contributed by atoms with Crippen LogP contribution < -0.4 is 5.73 Å². The molecule has 2 heteroatoms. The maximum atomic E-state index is 5.39. The third-order valence-electron chi connectivity index (χ3n) is 2.13. The molecule has 0 unspecified atom stereocenters. The molecular formula is C7H16ClN. The highest BCUT2D eigenvalue weighted by Crippen LogP contribution is 2.42. The highest BCUT2D eigenvalue weighted by atomic mass is 35.5. The standard InChI is InChI=1S/C7H15N.ClH/c1-2-6-5-7(6)3-4-8;/h6-7H,2-5,8H2,1H3;1H/t6-,7-;/m1./s1. The molecule has 0 radical (unpaired) electrons. The Morgan fingerprint density at radius 2 is 2.11 bits per heavy atom. The lowest BCUT2D eigenvalue weighted by Crippen LogP contribution is -1.99. The maximum Gasteiger partial charge on any atom is -0.00745 e. The Morgan fingerprint density at radius 3 is 2.44 bits per heavy atom. The summed E-state index contributed by atoms with van der Waals surface area (Å²) in [6.45, 7) is 3.16. The second-order valence-corrected chi connectivity index (χ2v) is 2.74. The lowest BCUT2D eigenvalue weighted by molar-refractivity contribution is 0.639. The van der Waals surface area contributed by atoms with Gasteiger partial charge in [-0.25, -0.2) is 0 Å². The largest absolute Gasteiger partial charge is 0.330 e. The zero-order valence-corrected chi connectivity index (χ0v) is 6.79. The fourth-order valence-electron chi connectivity index (χ4n) is 1.38. The summed E-state index contributed by atoms with van der Waals surface area (Å²) in [6, 6.07) is 0. The van der Waals surface area contributed by atoms with Crippen LogP contribution in [0.15, 0.2) is 0 Å². The van der Waals surface area contributed by atoms with Gasteiger partial charge >= 0.3 is 0 Å². The summed E-state index contributed by atoms with van der Waals surface area (Å²) < 4.78 is 0. The van der Waals surface area contributed by atoms with Crippen molar-refractivity contribution in [3.8, 4) is 0 Å². The Balaban J connectivity index is 0.000000640. The van der Waals surface area contributed by atoms with E-state index in [4.69, 9.17) is 5.73 Å². The first-order valence-electron chi connectivity index (χ1n) is 3.58. The van der Waals surface area contributed by atoms with Gasteiger partial charge in [0.05, 0.1) is 0 Å². The molecule has 0 spiro atoms. The van der Waals surface area contributed by atoms with Crippen LogP contribution in [0.1, 0.15) is 26.2 Å². The lowest BCUT2D eigenvalue weighted by atomic mass is 10.2. The van der Waals surface area contributed by atoms with Crippen molar-refractivity contribution in [3.63, 3.8) is 0 Å².